The summed E-state index contributed by atoms with van der Waals surface area (Å²) in [5.41, 5.74) is 0. The fraction of sp³-hybridized carbons (Fsp3) is 0.667. The minimum Gasteiger partial charge on any atom is -0.349 e. The molecule has 0 aliphatic heterocycles. The van der Waals surface area contributed by atoms with Crippen molar-refractivity contribution in [3.8, 4) is 0 Å². The Labute approximate surface area is 64.6 Å². The van der Waals surface area contributed by atoms with Gasteiger partial charge in [0.1, 0.15) is 6.29 Å². The molecular formula is C6H11NO2S. The van der Waals surface area contributed by atoms with E-state index in [1.165, 1.54) is 11.8 Å². The third kappa shape index (κ3) is 5.62. The third-order valence-electron chi connectivity index (χ3n) is 0.820. The van der Waals surface area contributed by atoms with E-state index < -0.39 is 0 Å². The molecule has 3 nitrogen and oxygen atoms in total. The van der Waals surface area contributed by atoms with Crippen molar-refractivity contribution < 1.29 is 9.59 Å². The molecular weight excluding hydrogens is 150 g/mol. The van der Waals surface area contributed by atoms with Gasteiger partial charge in [-0.3, -0.25) is 4.79 Å². The van der Waals surface area contributed by atoms with Crippen LogP contribution in [0.25, 0.3) is 0 Å². The molecule has 0 rings (SSSR count). The van der Waals surface area contributed by atoms with Crippen LogP contribution >= 0.6 is 11.8 Å². The van der Waals surface area contributed by atoms with Gasteiger partial charge in [0.25, 0.3) is 0 Å². The Balaban J connectivity index is 3.16. The zero-order valence-corrected chi connectivity index (χ0v) is 6.74. The quantitative estimate of drug-likeness (QED) is 0.580. The van der Waals surface area contributed by atoms with Gasteiger partial charge < -0.3 is 10.1 Å². The summed E-state index contributed by atoms with van der Waals surface area (Å²) in [6.45, 7) is 2.11. The van der Waals surface area contributed by atoms with Gasteiger partial charge in [-0.2, -0.15) is 11.8 Å². The smallest absolute Gasteiger partial charge is 0.230 e. The number of amides is 1. The van der Waals surface area contributed by atoms with Gasteiger partial charge in [-0.15, -0.1) is 0 Å². The van der Waals surface area contributed by atoms with E-state index >= 15 is 0 Å². The van der Waals surface area contributed by atoms with E-state index in [1.807, 2.05) is 6.92 Å². The molecule has 0 heterocycles. The summed E-state index contributed by atoms with van der Waals surface area (Å²) in [5.74, 6) is 1.30. The topological polar surface area (TPSA) is 46.2 Å². The Hall–Kier alpha value is -0.510. The van der Waals surface area contributed by atoms with Crippen molar-refractivity contribution in [2.45, 2.75) is 6.92 Å². The molecule has 0 spiro atoms. The van der Waals surface area contributed by atoms with Gasteiger partial charge in [0.2, 0.25) is 5.91 Å². The molecule has 0 saturated heterocycles. The van der Waals surface area contributed by atoms with E-state index in [9.17, 15) is 9.59 Å². The maximum atomic E-state index is 10.7. The fourth-order valence-electron chi connectivity index (χ4n) is 0.401. The Morgan fingerprint density at radius 3 is 2.90 bits per heavy atom. The zero-order valence-electron chi connectivity index (χ0n) is 5.92. The van der Waals surface area contributed by atoms with Gasteiger partial charge in [-0.1, -0.05) is 6.92 Å². The highest BCUT2D eigenvalue weighted by atomic mass is 32.2. The van der Waals surface area contributed by atoms with Gasteiger partial charge in [0.05, 0.1) is 12.3 Å². The molecule has 0 unspecified atom stereocenters. The van der Waals surface area contributed by atoms with E-state index in [2.05, 4.69) is 5.32 Å². The molecule has 0 radical (unpaired) electrons. The predicted molar refractivity (Wildman–Crippen MR) is 42.1 cm³/mol. The lowest BCUT2D eigenvalue weighted by molar-refractivity contribution is -0.120. The third-order valence-corrected chi connectivity index (χ3v) is 1.69. The Morgan fingerprint density at radius 2 is 2.40 bits per heavy atom. The number of nitrogens with one attached hydrogen (secondary N) is 1. The van der Waals surface area contributed by atoms with Gasteiger partial charge in [0.15, 0.2) is 0 Å². The Kier molecular flexibility index (Phi) is 6.27. The van der Waals surface area contributed by atoms with E-state index in [0.717, 1.165) is 5.75 Å². The van der Waals surface area contributed by atoms with Crippen LogP contribution in [0.4, 0.5) is 0 Å². The van der Waals surface area contributed by atoms with Crippen molar-refractivity contribution in [3.05, 3.63) is 0 Å². The first-order valence-electron chi connectivity index (χ1n) is 3.09. The van der Waals surface area contributed by atoms with Crippen LogP contribution in [0, 0.1) is 0 Å². The molecule has 0 bridgehead atoms. The number of carbonyl (C=O) groups excluding carboxylic acids is 2. The highest BCUT2D eigenvalue weighted by Gasteiger charge is 1.96. The number of hydrogen-bond acceptors (Lipinski definition) is 3. The van der Waals surface area contributed by atoms with Gasteiger partial charge in [-0.05, 0) is 5.75 Å². The molecule has 0 aliphatic carbocycles. The number of rotatable bonds is 5. The van der Waals surface area contributed by atoms with Crippen LogP contribution < -0.4 is 5.32 Å². The second-order valence-corrected chi connectivity index (χ2v) is 2.88. The normalized spacial score (nSPS) is 8.90. The molecule has 0 aromatic heterocycles. The van der Waals surface area contributed by atoms with E-state index in [4.69, 9.17) is 0 Å². The molecule has 10 heavy (non-hydrogen) atoms. The average Bonchev–Trinajstić information content (AvgIpc) is 1.97. The van der Waals surface area contributed by atoms with E-state index in [-0.39, 0.29) is 12.5 Å². The minimum absolute atomic E-state index is 0.0704. The largest absolute Gasteiger partial charge is 0.349 e. The predicted octanol–water partition coefficient (Wildman–Crippen LogP) is 0.0546. The van der Waals surface area contributed by atoms with Crippen molar-refractivity contribution in [2.24, 2.45) is 0 Å². The van der Waals surface area contributed by atoms with Crippen LogP contribution in [0.3, 0.4) is 0 Å². The summed E-state index contributed by atoms with van der Waals surface area (Å²) in [4.78, 5) is 20.4. The van der Waals surface area contributed by atoms with E-state index in [0.29, 0.717) is 12.0 Å². The second kappa shape index (κ2) is 6.61. The van der Waals surface area contributed by atoms with Gasteiger partial charge in [-0.25, -0.2) is 0 Å². The summed E-state index contributed by atoms with van der Waals surface area (Å²) in [6, 6.07) is 0. The Bertz CT molecular complexity index is 116. The number of aldehydes is 1. The van der Waals surface area contributed by atoms with Crippen LogP contribution in [-0.4, -0.2) is 30.2 Å². The summed E-state index contributed by atoms with van der Waals surface area (Å²) in [7, 11) is 0. The van der Waals surface area contributed by atoms with Crippen LogP contribution in [0.2, 0.25) is 0 Å². The van der Waals surface area contributed by atoms with Gasteiger partial charge >= 0.3 is 0 Å². The molecule has 58 valence electrons. The molecule has 1 N–H and O–H groups in total. The molecule has 0 atom stereocenters. The first-order chi connectivity index (χ1) is 4.81. The molecule has 0 fully saturated rings. The lowest BCUT2D eigenvalue weighted by atomic mass is 10.6. The minimum atomic E-state index is -0.0704. The molecule has 1 amide bonds. The van der Waals surface area contributed by atoms with E-state index in [1.54, 1.807) is 0 Å². The fourth-order valence-corrected chi connectivity index (χ4v) is 0.893. The lowest BCUT2D eigenvalue weighted by Crippen LogP contribution is -2.26. The van der Waals surface area contributed by atoms with Crippen LogP contribution in [0.5, 0.6) is 0 Å². The van der Waals surface area contributed by atoms with Crippen molar-refractivity contribution in [1.29, 1.82) is 0 Å². The highest BCUT2D eigenvalue weighted by Crippen LogP contribution is 1.95. The van der Waals surface area contributed by atoms with Crippen molar-refractivity contribution in [1.82, 2.24) is 5.32 Å². The van der Waals surface area contributed by atoms with Crippen molar-refractivity contribution >= 4 is 24.0 Å². The second-order valence-electron chi connectivity index (χ2n) is 1.61. The summed E-state index contributed by atoms with van der Waals surface area (Å²) >= 11 is 1.54. The monoisotopic (exact) mass is 161 g/mol. The summed E-state index contributed by atoms with van der Waals surface area (Å²) in [6.07, 6.45) is 0.675. The number of hydrogen-bond donors (Lipinski definition) is 1. The molecule has 0 aromatic carbocycles. The highest BCUT2D eigenvalue weighted by molar-refractivity contribution is 7.99. The summed E-state index contributed by atoms with van der Waals surface area (Å²) in [5, 5.41) is 2.44. The standard InChI is InChI=1S/C6H11NO2S/c1-2-10-5-6(9)7-3-4-8/h4H,2-3,5H2,1H3,(H,7,9). The molecule has 0 saturated carbocycles. The number of carbonyl (C=O) groups is 2. The first-order valence-corrected chi connectivity index (χ1v) is 4.24. The SMILES string of the molecule is CCSCC(=O)NCC=O. The van der Waals surface area contributed by atoms with Crippen LogP contribution in [0.1, 0.15) is 6.92 Å². The average molecular weight is 161 g/mol. The number of thioether (sulfide) groups is 1. The molecule has 4 heteroatoms. The first kappa shape index (κ1) is 9.49. The van der Waals surface area contributed by atoms with Crippen LogP contribution in [0.15, 0.2) is 0 Å². The maximum absolute atomic E-state index is 10.7. The Morgan fingerprint density at radius 1 is 1.70 bits per heavy atom. The summed E-state index contributed by atoms with van der Waals surface area (Å²) < 4.78 is 0. The molecule has 0 aromatic rings. The van der Waals surface area contributed by atoms with Crippen LogP contribution in [-0.2, 0) is 9.59 Å². The molecule has 0 aliphatic rings. The van der Waals surface area contributed by atoms with Crippen molar-refractivity contribution in [3.63, 3.8) is 0 Å². The van der Waals surface area contributed by atoms with Crippen molar-refractivity contribution in [2.75, 3.05) is 18.1 Å². The lowest BCUT2D eigenvalue weighted by Gasteiger charge is -1.97. The maximum Gasteiger partial charge on any atom is 0.230 e. The zero-order chi connectivity index (χ0) is 7.82. The van der Waals surface area contributed by atoms with Gasteiger partial charge in [0, 0.05) is 0 Å².